The van der Waals surface area contributed by atoms with Gasteiger partial charge in [0.2, 0.25) is 0 Å². The average molecular weight is 360 g/mol. The molecule has 0 unspecified atom stereocenters. The topological polar surface area (TPSA) is 78.7 Å². The number of ether oxygens (including phenoxy) is 2. The Labute approximate surface area is 148 Å². The molecule has 7 heteroatoms. The molecule has 1 aliphatic heterocycles. The van der Waals surface area contributed by atoms with Crippen LogP contribution in [-0.2, 0) is 0 Å². The van der Waals surface area contributed by atoms with Crippen molar-refractivity contribution in [2.45, 2.75) is 6.92 Å². The quantitative estimate of drug-likeness (QED) is 0.353. The van der Waals surface area contributed by atoms with Crippen LogP contribution in [0, 0.1) is 17.0 Å². The minimum atomic E-state index is -0.504. The summed E-state index contributed by atoms with van der Waals surface area (Å²) in [6.07, 6.45) is 2.92. The van der Waals surface area contributed by atoms with Crippen LogP contribution in [0.25, 0.3) is 6.08 Å². The monoisotopic (exact) mass is 359 g/mol. The summed E-state index contributed by atoms with van der Waals surface area (Å²) in [5.74, 6) is 0.677. The number of carbonyl (C=O) groups is 1. The Kier molecular flexibility index (Phi) is 4.72. The van der Waals surface area contributed by atoms with E-state index in [0.717, 1.165) is 0 Å². The Morgan fingerprint density at radius 2 is 2.00 bits per heavy atom. The largest absolute Gasteiger partial charge is 0.486 e. The molecule has 0 atom stereocenters. The summed E-state index contributed by atoms with van der Waals surface area (Å²) in [5.41, 5.74) is 1.34. The predicted molar refractivity (Wildman–Crippen MR) is 93.6 cm³/mol. The van der Waals surface area contributed by atoms with Crippen LogP contribution in [-0.4, -0.2) is 23.9 Å². The molecule has 0 spiro atoms. The van der Waals surface area contributed by atoms with Crippen LogP contribution in [0.15, 0.2) is 36.4 Å². The van der Waals surface area contributed by atoms with Gasteiger partial charge in [0.1, 0.15) is 13.2 Å². The summed E-state index contributed by atoms with van der Waals surface area (Å²) in [6.45, 7) is 2.49. The predicted octanol–water partition coefficient (Wildman–Crippen LogP) is 4.22. The molecular formula is C18H14ClNO5. The number of fused-ring (bicyclic) bond motifs is 1. The number of hydrogen-bond donors (Lipinski definition) is 0. The van der Waals surface area contributed by atoms with E-state index >= 15 is 0 Å². The van der Waals surface area contributed by atoms with E-state index in [1.54, 1.807) is 37.3 Å². The molecule has 0 radical (unpaired) electrons. The normalized spacial score (nSPS) is 13.0. The van der Waals surface area contributed by atoms with E-state index in [-0.39, 0.29) is 17.0 Å². The van der Waals surface area contributed by atoms with Crippen molar-refractivity contribution in [1.82, 2.24) is 0 Å². The van der Waals surface area contributed by atoms with Crippen molar-refractivity contribution in [3.8, 4) is 11.5 Å². The van der Waals surface area contributed by atoms with Crippen molar-refractivity contribution in [3.63, 3.8) is 0 Å². The molecule has 6 nitrogen and oxygen atoms in total. The summed E-state index contributed by atoms with van der Waals surface area (Å²) in [5, 5.41) is 11.4. The first kappa shape index (κ1) is 17.0. The van der Waals surface area contributed by atoms with Crippen LogP contribution in [0.5, 0.6) is 11.5 Å². The third kappa shape index (κ3) is 3.64. The molecule has 0 saturated carbocycles. The molecular weight excluding hydrogens is 346 g/mol. The SMILES string of the molecule is Cc1ccc(C(=O)/C=C/c2cc(Cl)c3c(c2)OCCO3)cc1[N+](=O)[O-]. The highest BCUT2D eigenvalue weighted by molar-refractivity contribution is 6.32. The van der Waals surface area contributed by atoms with Gasteiger partial charge in [0, 0.05) is 17.2 Å². The van der Waals surface area contributed by atoms with Crippen molar-refractivity contribution in [2.24, 2.45) is 0 Å². The Bertz CT molecular complexity index is 891. The number of allylic oxidation sites excluding steroid dienone is 1. The molecule has 0 saturated heterocycles. The van der Waals surface area contributed by atoms with Gasteiger partial charge in [-0.2, -0.15) is 0 Å². The molecule has 3 rings (SSSR count). The molecule has 128 valence electrons. The highest BCUT2D eigenvalue weighted by atomic mass is 35.5. The van der Waals surface area contributed by atoms with E-state index < -0.39 is 4.92 Å². The first-order valence-corrected chi connectivity index (χ1v) is 7.90. The third-order valence-electron chi connectivity index (χ3n) is 3.74. The lowest BCUT2D eigenvalue weighted by Gasteiger charge is -2.19. The Hall–Kier alpha value is -2.86. The number of hydrogen-bond acceptors (Lipinski definition) is 5. The fraction of sp³-hybridized carbons (Fsp3) is 0.167. The minimum Gasteiger partial charge on any atom is -0.486 e. The molecule has 25 heavy (non-hydrogen) atoms. The van der Waals surface area contributed by atoms with Crippen LogP contribution < -0.4 is 9.47 Å². The van der Waals surface area contributed by atoms with Crippen LogP contribution >= 0.6 is 11.6 Å². The van der Waals surface area contributed by atoms with Crippen molar-refractivity contribution in [2.75, 3.05) is 13.2 Å². The van der Waals surface area contributed by atoms with Gasteiger partial charge in [0.25, 0.3) is 5.69 Å². The van der Waals surface area contributed by atoms with Gasteiger partial charge in [0.05, 0.1) is 9.95 Å². The highest BCUT2D eigenvalue weighted by Gasteiger charge is 2.16. The average Bonchev–Trinajstić information content (AvgIpc) is 2.60. The van der Waals surface area contributed by atoms with E-state index in [1.165, 1.54) is 12.1 Å². The van der Waals surface area contributed by atoms with Crippen molar-refractivity contribution in [3.05, 3.63) is 68.2 Å². The number of aryl methyl sites for hydroxylation is 1. The molecule has 1 aliphatic rings. The zero-order valence-electron chi connectivity index (χ0n) is 13.3. The maximum atomic E-state index is 12.3. The van der Waals surface area contributed by atoms with Gasteiger partial charge in [-0.25, -0.2) is 0 Å². The first-order valence-electron chi connectivity index (χ1n) is 7.52. The van der Waals surface area contributed by atoms with Gasteiger partial charge < -0.3 is 9.47 Å². The van der Waals surface area contributed by atoms with Gasteiger partial charge >= 0.3 is 0 Å². The smallest absolute Gasteiger partial charge is 0.273 e. The number of nitrogens with zero attached hydrogens (tertiary/aromatic N) is 1. The molecule has 0 aliphatic carbocycles. The number of nitro groups is 1. The molecule has 0 aromatic heterocycles. The fourth-order valence-electron chi connectivity index (χ4n) is 2.45. The number of benzene rings is 2. The summed E-state index contributed by atoms with van der Waals surface area (Å²) < 4.78 is 10.9. The molecule has 0 amide bonds. The van der Waals surface area contributed by atoms with E-state index in [4.69, 9.17) is 21.1 Å². The number of ketones is 1. The summed E-state index contributed by atoms with van der Waals surface area (Å²) in [6, 6.07) is 7.78. The molecule has 1 heterocycles. The van der Waals surface area contributed by atoms with Gasteiger partial charge in [-0.1, -0.05) is 29.8 Å². The summed E-state index contributed by atoms with van der Waals surface area (Å²) in [7, 11) is 0. The molecule has 2 aromatic rings. The zero-order valence-corrected chi connectivity index (χ0v) is 14.1. The fourth-order valence-corrected chi connectivity index (χ4v) is 2.73. The van der Waals surface area contributed by atoms with E-state index in [2.05, 4.69) is 0 Å². The lowest BCUT2D eigenvalue weighted by molar-refractivity contribution is -0.385. The second kappa shape index (κ2) is 6.94. The maximum Gasteiger partial charge on any atom is 0.273 e. The van der Waals surface area contributed by atoms with E-state index in [1.807, 2.05) is 0 Å². The standard InChI is InChI=1S/C18H14ClNO5/c1-11-2-4-13(10-15(11)20(22)23)16(21)5-3-12-8-14(19)18-17(9-12)24-6-7-25-18/h2-5,8-10H,6-7H2,1H3/b5-3+. The Morgan fingerprint density at radius 1 is 1.24 bits per heavy atom. The van der Waals surface area contributed by atoms with Crippen LogP contribution in [0.2, 0.25) is 5.02 Å². The third-order valence-corrected chi connectivity index (χ3v) is 4.02. The maximum absolute atomic E-state index is 12.3. The van der Waals surface area contributed by atoms with E-state index in [0.29, 0.717) is 40.9 Å². The van der Waals surface area contributed by atoms with Gasteiger partial charge in [-0.15, -0.1) is 0 Å². The molecule has 0 N–H and O–H groups in total. The molecule has 0 fully saturated rings. The second-order valence-electron chi connectivity index (χ2n) is 5.48. The van der Waals surface area contributed by atoms with E-state index in [9.17, 15) is 14.9 Å². The highest BCUT2D eigenvalue weighted by Crippen LogP contribution is 2.38. The molecule has 2 aromatic carbocycles. The van der Waals surface area contributed by atoms with Gasteiger partial charge in [-0.3, -0.25) is 14.9 Å². The number of rotatable bonds is 4. The first-order chi connectivity index (χ1) is 12.0. The van der Waals surface area contributed by atoms with Crippen LogP contribution in [0.3, 0.4) is 0 Å². The number of nitro benzene ring substituents is 1. The van der Waals surface area contributed by atoms with Gasteiger partial charge in [0.15, 0.2) is 17.3 Å². The summed E-state index contributed by atoms with van der Waals surface area (Å²) >= 11 is 6.15. The van der Waals surface area contributed by atoms with Crippen LogP contribution in [0.4, 0.5) is 5.69 Å². The zero-order chi connectivity index (χ0) is 18.0. The number of halogens is 1. The van der Waals surface area contributed by atoms with Crippen molar-refractivity contribution >= 4 is 29.1 Å². The summed E-state index contributed by atoms with van der Waals surface area (Å²) in [4.78, 5) is 22.8. The Balaban J connectivity index is 1.85. The molecule has 0 bridgehead atoms. The van der Waals surface area contributed by atoms with Crippen LogP contribution in [0.1, 0.15) is 21.5 Å². The van der Waals surface area contributed by atoms with Gasteiger partial charge in [-0.05, 0) is 30.7 Å². The lowest BCUT2D eigenvalue weighted by Crippen LogP contribution is -2.15. The Morgan fingerprint density at radius 3 is 2.76 bits per heavy atom. The van der Waals surface area contributed by atoms with Crippen molar-refractivity contribution in [1.29, 1.82) is 0 Å². The number of carbonyl (C=O) groups excluding carboxylic acids is 1. The lowest BCUT2D eigenvalue weighted by atomic mass is 10.1. The second-order valence-corrected chi connectivity index (χ2v) is 5.89. The minimum absolute atomic E-state index is 0.0818. The van der Waals surface area contributed by atoms with Crippen molar-refractivity contribution < 1.29 is 19.2 Å².